The fraction of sp³-hybridized carbons (Fsp3) is 0.467. The molecule has 0 spiro atoms. The Balaban J connectivity index is 1.65. The van der Waals surface area contributed by atoms with E-state index in [1.54, 1.807) is 4.90 Å². The average Bonchev–Trinajstić information content (AvgIpc) is 2.52. The number of rotatable bonds is 4. The van der Waals surface area contributed by atoms with Crippen LogP contribution in [0.3, 0.4) is 0 Å². The van der Waals surface area contributed by atoms with Gasteiger partial charge in [-0.05, 0) is 12.6 Å². The van der Waals surface area contributed by atoms with Gasteiger partial charge in [0.15, 0.2) is 0 Å². The molecule has 0 aliphatic carbocycles. The lowest BCUT2D eigenvalue weighted by molar-refractivity contribution is -0.131. The lowest BCUT2D eigenvalue weighted by Gasteiger charge is -2.32. The molecule has 0 atom stereocenters. The molecule has 1 fully saturated rings. The summed E-state index contributed by atoms with van der Waals surface area (Å²) in [5, 5.41) is 5.34. The van der Waals surface area contributed by atoms with Crippen LogP contribution in [0.15, 0.2) is 30.3 Å². The smallest absolute Gasteiger partial charge is 0.315 e. The van der Waals surface area contributed by atoms with Crippen LogP contribution in [0.4, 0.5) is 4.79 Å². The fourth-order valence-electron chi connectivity index (χ4n) is 2.16. The van der Waals surface area contributed by atoms with E-state index in [4.69, 9.17) is 0 Å². The quantitative estimate of drug-likeness (QED) is 0.836. The van der Waals surface area contributed by atoms with Crippen LogP contribution in [0, 0.1) is 0 Å². The standard InChI is InChI=1S/C15H22N4O2/c1-18-7-9-19(10-8-18)14(20)12-17-15(21)16-11-13-5-3-2-4-6-13/h2-6H,7-12H2,1H3,(H2,16,17,21). The number of hydrogen-bond acceptors (Lipinski definition) is 3. The van der Waals surface area contributed by atoms with Gasteiger partial charge in [-0.1, -0.05) is 30.3 Å². The van der Waals surface area contributed by atoms with Crippen molar-refractivity contribution in [2.45, 2.75) is 6.54 Å². The molecule has 1 heterocycles. The highest BCUT2D eigenvalue weighted by atomic mass is 16.2. The Morgan fingerprint density at radius 2 is 1.71 bits per heavy atom. The summed E-state index contributed by atoms with van der Waals surface area (Å²) in [5.41, 5.74) is 1.03. The van der Waals surface area contributed by atoms with E-state index in [1.807, 2.05) is 37.4 Å². The van der Waals surface area contributed by atoms with Gasteiger partial charge in [0.25, 0.3) is 0 Å². The van der Waals surface area contributed by atoms with Gasteiger partial charge >= 0.3 is 6.03 Å². The topological polar surface area (TPSA) is 64.7 Å². The van der Waals surface area contributed by atoms with Crippen molar-refractivity contribution >= 4 is 11.9 Å². The second-order valence-corrected chi connectivity index (χ2v) is 5.21. The lowest BCUT2D eigenvalue weighted by atomic mass is 10.2. The Hall–Kier alpha value is -2.08. The third kappa shape index (κ3) is 5.07. The van der Waals surface area contributed by atoms with E-state index in [2.05, 4.69) is 15.5 Å². The summed E-state index contributed by atoms with van der Waals surface area (Å²) in [4.78, 5) is 27.6. The minimum Gasteiger partial charge on any atom is -0.339 e. The highest BCUT2D eigenvalue weighted by Gasteiger charge is 2.18. The monoisotopic (exact) mass is 290 g/mol. The Morgan fingerprint density at radius 3 is 2.38 bits per heavy atom. The average molecular weight is 290 g/mol. The van der Waals surface area contributed by atoms with Crippen LogP contribution in [0.25, 0.3) is 0 Å². The maximum atomic E-state index is 11.9. The molecular formula is C15H22N4O2. The van der Waals surface area contributed by atoms with E-state index in [9.17, 15) is 9.59 Å². The number of likely N-dealkylation sites (N-methyl/N-ethyl adjacent to an activating group) is 1. The predicted octanol–water partition coefficient (Wildman–Crippen LogP) is 0.260. The van der Waals surface area contributed by atoms with E-state index < -0.39 is 0 Å². The van der Waals surface area contributed by atoms with Crippen LogP contribution in [0.1, 0.15) is 5.56 Å². The lowest BCUT2D eigenvalue weighted by Crippen LogP contribution is -2.50. The van der Waals surface area contributed by atoms with Crippen LogP contribution in [-0.2, 0) is 11.3 Å². The molecule has 1 aromatic rings. The first kappa shape index (κ1) is 15.3. The Bertz CT molecular complexity index is 470. The summed E-state index contributed by atoms with van der Waals surface area (Å²) in [7, 11) is 2.04. The maximum Gasteiger partial charge on any atom is 0.315 e. The number of nitrogens with zero attached hydrogens (tertiary/aromatic N) is 2. The molecule has 3 amide bonds. The molecule has 0 saturated carbocycles. The van der Waals surface area contributed by atoms with Crippen LogP contribution in [0.5, 0.6) is 0 Å². The molecule has 0 aromatic heterocycles. The summed E-state index contributed by atoms with van der Waals surface area (Å²) in [6, 6.07) is 9.34. The summed E-state index contributed by atoms with van der Waals surface area (Å²) < 4.78 is 0. The Labute approximate surface area is 125 Å². The van der Waals surface area contributed by atoms with Crippen molar-refractivity contribution in [3.05, 3.63) is 35.9 Å². The van der Waals surface area contributed by atoms with Gasteiger partial charge in [0.1, 0.15) is 0 Å². The van der Waals surface area contributed by atoms with Crippen molar-refractivity contribution in [3.8, 4) is 0 Å². The molecule has 1 aliphatic rings. The molecule has 1 aliphatic heterocycles. The van der Waals surface area contributed by atoms with Crippen molar-refractivity contribution in [3.63, 3.8) is 0 Å². The Kier molecular flexibility index (Phi) is 5.57. The zero-order valence-corrected chi connectivity index (χ0v) is 12.3. The van der Waals surface area contributed by atoms with Crippen LogP contribution < -0.4 is 10.6 Å². The largest absolute Gasteiger partial charge is 0.339 e. The van der Waals surface area contributed by atoms with Crippen LogP contribution >= 0.6 is 0 Å². The van der Waals surface area contributed by atoms with E-state index in [-0.39, 0.29) is 18.5 Å². The van der Waals surface area contributed by atoms with Gasteiger partial charge in [0.05, 0.1) is 6.54 Å². The third-order valence-electron chi connectivity index (χ3n) is 3.55. The number of nitrogens with one attached hydrogen (secondary N) is 2. The zero-order chi connectivity index (χ0) is 15.1. The summed E-state index contributed by atoms with van der Waals surface area (Å²) >= 11 is 0. The third-order valence-corrected chi connectivity index (χ3v) is 3.55. The Morgan fingerprint density at radius 1 is 1.05 bits per heavy atom. The molecule has 21 heavy (non-hydrogen) atoms. The van der Waals surface area contributed by atoms with Gasteiger partial charge in [-0.3, -0.25) is 4.79 Å². The van der Waals surface area contributed by atoms with Crippen LogP contribution in [0.2, 0.25) is 0 Å². The molecule has 2 N–H and O–H groups in total. The molecule has 1 aromatic carbocycles. The second-order valence-electron chi connectivity index (χ2n) is 5.21. The predicted molar refractivity (Wildman–Crippen MR) is 80.8 cm³/mol. The number of benzene rings is 1. The number of carbonyl (C=O) groups is 2. The number of piperazine rings is 1. The van der Waals surface area contributed by atoms with Gasteiger partial charge in [-0.15, -0.1) is 0 Å². The molecule has 6 nitrogen and oxygen atoms in total. The van der Waals surface area contributed by atoms with E-state index >= 15 is 0 Å². The minimum absolute atomic E-state index is 0.0297. The SMILES string of the molecule is CN1CCN(C(=O)CNC(=O)NCc2ccccc2)CC1. The number of carbonyl (C=O) groups excluding carboxylic acids is 2. The fourth-order valence-corrected chi connectivity index (χ4v) is 2.16. The van der Waals surface area contributed by atoms with Gasteiger partial charge in [-0.2, -0.15) is 0 Å². The maximum absolute atomic E-state index is 11.9. The number of urea groups is 1. The summed E-state index contributed by atoms with van der Waals surface area (Å²) in [6.45, 7) is 3.71. The highest BCUT2D eigenvalue weighted by molar-refractivity contribution is 5.84. The van der Waals surface area contributed by atoms with Crippen LogP contribution in [-0.4, -0.2) is 61.5 Å². The molecule has 0 radical (unpaired) electrons. The van der Waals surface area contributed by atoms with Gasteiger partial charge < -0.3 is 20.4 Å². The molecular weight excluding hydrogens is 268 g/mol. The van der Waals surface area contributed by atoms with E-state index in [0.29, 0.717) is 6.54 Å². The molecule has 1 saturated heterocycles. The molecule has 2 rings (SSSR count). The van der Waals surface area contributed by atoms with E-state index in [1.165, 1.54) is 0 Å². The summed E-state index contributed by atoms with van der Waals surface area (Å²) in [6.07, 6.45) is 0. The second kappa shape index (κ2) is 7.64. The number of hydrogen-bond donors (Lipinski definition) is 2. The first-order valence-electron chi connectivity index (χ1n) is 7.17. The minimum atomic E-state index is -0.318. The molecule has 0 unspecified atom stereocenters. The van der Waals surface area contributed by atoms with Crippen molar-refractivity contribution in [1.29, 1.82) is 0 Å². The van der Waals surface area contributed by atoms with Crippen molar-refractivity contribution in [2.75, 3.05) is 39.8 Å². The number of amides is 3. The van der Waals surface area contributed by atoms with Gasteiger partial charge in [-0.25, -0.2) is 4.79 Å². The highest BCUT2D eigenvalue weighted by Crippen LogP contribution is 1.99. The van der Waals surface area contributed by atoms with Gasteiger partial charge in [0.2, 0.25) is 5.91 Å². The molecule has 6 heteroatoms. The van der Waals surface area contributed by atoms with E-state index in [0.717, 1.165) is 31.7 Å². The molecule has 114 valence electrons. The summed E-state index contributed by atoms with van der Waals surface area (Å²) in [5.74, 6) is -0.0297. The normalized spacial score (nSPS) is 15.6. The first-order chi connectivity index (χ1) is 10.1. The zero-order valence-electron chi connectivity index (χ0n) is 12.3. The van der Waals surface area contributed by atoms with Crippen molar-refractivity contribution < 1.29 is 9.59 Å². The van der Waals surface area contributed by atoms with Crippen molar-refractivity contribution in [1.82, 2.24) is 20.4 Å². The molecule has 0 bridgehead atoms. The van der Waals surface area contributed by atoms with Gasteiger partial charge in [0, 0.05) is 32.7 Å². The first-order valence-corrected chi connectivity index (χ1v) is 7.17. The van der Waals surface area contributed by atoms with Crippen molar-refractivity contribution in [2.24, 2.45) is 0 Å².